The van der Waals surface area contributed by atoms with Crippen LogP contribution in [0.15, 0.2) is 30.3 Å². The lowest BCUT2D eigenvalue weighted by Gasteiger charge is -2.24. The molecular formula is C18H27NO7. The first-order valence-electron chi connectivity index (χ1n) is 8.31. The Kier molecular flexibility index (Phi) is 10.3. The number of aliphatic hydroxyl groups excluding tert-OH is 1. The Morgan fingerprint density at radius 3 is 2.42 bits per heavy atom. The highest BCUT2D eigenvalue weighted by Crippen LogP contribution is 2.18. The number of aliphatic hydroxyl groups is 1. The molecule has 0 aliphatic carbocycles. The molecule has 0 saturated carbocycles. The third-order valence-corrected chi connectivity index (χ3v) is 3.54. The molecule has 1 atom stereocenters. The molecule has 0 fully saturated rings. The van der Waals surface area contributed by atoms with Crippen LogP contribution in [0.25, 0.3) is 0 Å². The maximum absolute atomic E-state index is 12.1. The van der Waals surface area contributed by atoms with Crippen molar-refractivity contribution < 1.29 is 33.6 Å². The van der Waals surface area contributed by atoms with E-state index in [1.807, 2.05) is 30.3 Å². The zero-order valence-electron chi connectivity index (χ0n) is 15.2. The van der Waals surface area contributed by atoms with Crippen molar-refractivity contribution in [3.05, 3.63) is 35.9 Å². The third-order valence-electron chi connectivity index (χ3n) is 3.54. The number of hydrogen-bond acceptors (Lipinski definition) is 7. The van der Waals surface area contributed by atoms with E-state index in [1.165, 1.54) is 6.92 Å². The molecule has 0 aliphatic rings. The summed E-state index contributed by atoms with van der Waals surface area (Å²) in [6.07, 6.45) is -0.677. The molecule has 0 saturated heterocycles. The Labute approximate surface area is 153 Å². The minimum absolute atomic E-state index is 0.0400. The summed E-state index contributed by atoms with van der Waals surface area (Å²) in [5.74, 6) is -0.661. The molecule has 146 valence electrons. The van der Waals surface area contributed by atoms with Gasteiger partial charge >= 0.3 is 12.1 Å². The maximum Gasteiger partial charge on any atom is 0.407 e. The van der Waals surface area contributed by atoms with Crippen molar-refractivity contribution in [1.29, 1.82) is 0 Å². The molecule has 8 heteroatoms. The number of amides is 1. The number of hydrogen-bond donors (Lipinski definition) is 2. The fraction of sp³-hybridized carbons (Fsp3) is 0.556. The fourth-order valence-electron chi connectivity index (χ4n) is 1.83. The molecule has 0 radical (unpaired) electrons. The molecule has 0 spiro atoms. The first kappa shape index (κ1) is 21.9. The first-order chi connectivity index (χ1) is 12.5. The molecule has 0 aliphatic heterocycles. The standard InChI is InChI=1S/C18H27NO7/c1-18(13-20,16(21)25-11-10-24-9-8-23-2)14-26-17(22)19-12-15-6-4-3-5-7-15/h3-7,20H,8-14H2,1-2H3,(H,19,22). The van der Waals surface area contributed by atoms with Gasteiger partial charge in [0.1, 0.15) is 18.6 Å². The van der Waals surface area contributed by atoms with Gasteiger partial charge in [-0.05, 0) is 12.5 Å². The Bertz CT molecular complexity index is 538. The van der Waals surface area contributed by atoms with Crippen molar-refractivity contribution in [2.45, 2.75) is 13.5 Å². The van der Waals surface area contributed by atoms with Crippen LogP contribution in [0.4, 0.5) is 4.79 Å². The predicted octanol–water partition coefficient (Wildman–Crippen LogP) is 1.12. The number of carbonyl (C=O) groups is 2. The maximum atomic E-state index is 12.1. The van der Waals surface area contributed by atoms with E-state index < -0.39 is 24.1 Å². The quantitative estimate of drug-likeness (QED) is 0.420. The average Bonchev–Trinajstić information content (AvgIpc) is 2.67. The molecule has 1 amide bonds. The highest BCUT2D eigenvalue weighted by atomic mass is 16.6. The summed E-state index contributed by atoms with van der Waals surface area (Å²) in [4.78, 5) is 23.9. The van der Waals surface area contributed by atoms with Gasteiger partial charge in [0.2, 0.25) is 0 Å². The second kappa shape index (κ2) is 12.2. The van der Waals surface area contributed by atoms with Crippen molar-refractivity contribution in [1.82, 2.24) is 5.32 Å². The van der Waals surface area contributed by atoms with Crippen LogP contribution in [0, 0.1) is 5.41 Å². The van der Waals surface area contributed by atoms with Crippen LogP contribution in [0.3, 0.4) is 0 Å². The van der Waals surface area contributed by atoms with Gasteiger partial charge in [-0.2, -0.15) is 0 Å². The van der Waals surface area contributed by atoms with Crippen LogP contribution >= 0.6 is 0 Å². The number of esters is 1. The van der Waals surface area contributed by atoms with Crippen LogP contribution in [0.1, 0.15) is 12.5 Å². The van der Waals surface area contributed by atoms with Gasteiger partial charge in [-0.3, -0.25) is 4.79 Å². The summed E-state index contributed by atoms with van der Waals surface area (Å²) in [6.45, 7) is 2.07. The lowest BCUT2D eigenvalue weighted by molar-refractivity contribution is -0.161. The number of rotatable bonds is 12. The molecule has 1 rings (SSSR count). The first-order valence-corrected chi connectivity index (χ1v) is 8.31. The highest BCUT2D eigenvalue weighted by molar-refractivity contribution is 5.77. The molecule has 1 aromatic rings. The molecule has 8 nitrogen and oxygen atoms in total. The van der Waals surface area contributed by atoms with Gasteiger partial charge in [0.15, 0.2) is 0 Å². The van der Waals surface area contributed by atoms with Gasteiger partial charge < -0.3 is 29.4 Å². The number of carbonyl (C=O) groups excluding carboxylic acids is 2. The zero-order valence-corrected chi connectivity index (χ0v) is 15.2. The van der Waals surface area contributed by atoms with Crippen molar-refractivity contribution >= 4 is 12.1 Å². The minimum atomic E-state index is -1.34. The van der Waals surface area contributed by atoms with Gasteiger partial charge in [-0.25, -0.2) is 4.79 Å². The largest absolute Gasteiger partial charge is 0.463 e. The Morgan fingerprint density at radius 2 is 1.77 bits per heavy atom. The lowest BCUT2D eigenvalue weighted by Crippen LogP contribution is -2.40. The molecule has 0 bridgehead atoms. The third kappa shape index (κ3) is 8.28. The summed E-state index contributed by atoms with van der Waals surface area (Å²) in [7, 11) is 1.56. The van der Waals surface area contributed by atoms with Crippen molar-refractivity contribution in [3.63, 3.8) is 0 Å². The smallest absolute Gasteiger partial charge is 0.407 e. The van der Waals surface area contributed by atoms with E-state index in [4.69, 9.17) is 18.9 Å². The predicted molar refractivity (Wildman–Crippen MR) is 93.5 cm³/mol. The van der Waals surface area contributed by atoms with Crippen LogP contribution in [0.2, 0.25) is 0 Å². The minimum Gasteiger partial charge on any atom is -0.463 e. The van der Waals surface area contributed by atoms with E-state index >= 15 is 0 Å². The van der Waals surface area contributed by atoms with E-state index in [0.717, 1.165) is 5.56 Å². The van der Waals surface area contributed by atoms with E-state index in [-0.39, 0.29) is 19.8 Å². The number of ether oxygens (including phenoxy) is 4. The summed E-state index contributed by atoms with van der Waals surface area (Å²) in [6, 6.07) is 9.33. The summed E-state index contributed by atoms with van der Waals surface area (Å²) in [5, 5.41) is 12.1. The van der Waals surface area contributed by atoms with E-state index in [0.29, 0.717) is 19.8 Å². The molecular weight excluding hydrogens is 342 g/mol. The van der Waals surface area contributed by atoms with Gasteiger partial charge in [0.05, 0.1) is 26.4 Å². The average molecular weight is 369 g/mol. The SMILES string of the molecule is COCCOCCOC(=O)C(C)(CO)COC(=O)NCc1ccccc1. The van der Waals surface area contributed by atoms with Gasteiger partial charge in [0, 0.05) is 13.7 Å². The van der Waals surface area contributed by atoms with Gasteiger partial charge in [-0.15, -0.1) is 0 Å². The molecule has 2 N–H and O–H groups in total. The molecule has 1 unspecified atom stereocenters. The van der Waals surface area contributed by atoms with Crippen molar-refractivity contribution in [3.8, 4) is 0 Å². The van der Waals surface area contributed by atoms with Gasteiger partial charge in [-0.1, -0.05) is 30.3 Å². The molecule has 0 aromatic heterocycles. The topological polar surface area (TPSA) is 103 Å². The number of benzene rings is 1. The fourth-order valence-corrected chi connectivity index (χ4v) is 1.83. The second-order valence-corrected chi connectivity index (χ2v) is 5.88. The van der Waals surface area contributed by atoms with Crippen molar-refractivity contribution in [2.24, 2.45) is 5.41 Å². The van der Waals surface area contributed by atoms with Crippen LogP contribution < -0.4 is 5.32 Å². The zero-order chi connectivity index (χ0) is 19.3. The van der Waals surface area contributed by atoms with E-state index in [1.54, 1.807) is 7.11 Å². The molecule has 0 heterocycles. The van der Waals surface area contributed by atoms with Crippen LogP contribution in [-0.4, -0.2) is 63.9 Å². The van der Waals surface area contributed by atoms with E-state index in [2.05, 4.69) is 5.32 Å². The summed E-state index contributed by atoms with van der Waals surface area (Å²) < 4.78 is 20.1. The Hall–Kier alpha value is -2.16. The second-order valence-electron chi connectivity index (χ2n) is 5.88. The number of methoxy groups -OCH3 is 1. The number of nitrogens with one attached hydrogen (secondary N) is 1. The Balaban J connectivity index is 2.31. The summed E-state index contributed by atoms with van der Waals surface area (Å²) in [5.41, 5.74) is -0.418. The summed E-state index contributed by atoms with van der Waals surface area (Å²) >= 11 is 0. The lowest BCUT2D eigenvalue weighted by atomic mass is 9.93. The monoisotopic (exact) mass is 369 g/mol. The van der Waals surface area contributed by atoms with E-state index in [9.17, 15) is 14.7 Å². The van der Waals surface area contributed by atoms with Crippen molar-refractivity contribution in [2.75, 3.05) is 46.8 Å². The van der Waals surface area contributed by atoms with Crippen LogP contribution in [-0.2, 0) is 30.3 Å². The molecule has 1 aromatic carbocycles. The molecule has 26 heavy (non-hydrogen) atoms. The number of alkyl carbamates (subject to hydrolysis) is 1. The normalized spacial score (nSPS) is 12.9. The van der Waals surface area contributed by atoms with Crippen LogP contribution in [0.5, 0.6) is 0 Å². The Morgan fingerprint density at radius 1 is 1.08 bits per heavy atom. The van der Waals surface area contributed by atoms with Gasteiger partial charge in [0.25, 0.3) is 0 Å². The highest BCUT2D eigenvalue weighted by Gasteiger charge is 2.36.